The maximum Gasteiger partial charge on any atom is 0.258 e. The zero-order valence-corrected chi connectivity index (χ0v) is 10.9. The molecule has 0 atom stereocenters. The van der Waals surface area contributed by atoms with Crippen molar-refractivity contribution in [2.45, 2.75) is 0 Å². The predicted molar refractivity (Wildman–Crippen MR) is 75.9 cm³/mol. The minimum Gasteiger partial charge on any atom is -0.466 e. The summed E-state index contributed by atoms with van der Waals surface area (Å²) < 4.78 is 5.29. The first kappa shape index (κ1) is 13.7. The van der Waals surface area contributed by atoms with E-state index in [1.807, 2.05) is 30.3 Å². The van der Waals surface area contributed by atoms with Crippen molar-refractivity contribution < 1.29 is 9.53 Å². The number of hydrogen-bond acceptors (Lipinski definition) is 4. The Labute approximate surface area is 116 Å². The van der Waals surface area contributed by atoms with Crippen LogP contribution in [0.1, 0.15) is 0 Å². The molecule has 1 amide bonds. The first-order valence-corrected chi connectivity index (χ1v) is 6.16. The van der Waals surface area contributed by atoms with E-state index in [0.29, 0.717) is 12.4 Å². The molecule has 6 heteroatoms. The molecule has 6 nitrogen and oxygen atoms in total. The average molecular weight is 272 g/mol. The van der Waals surface area contributed by atoms with Gasteiger partial charge in [-0.3, -0.25) is 9.89 Å². The van der Waals surface area contributed by atoms with Crippen LogP contribution in [0, 0.1) is 0 Å². The molecule has 0 aliphatic rings. The van der Waals surface area contributed by atoms with Crippen molar-refractivity contribution in [1.82, 2.24) is 15.5 Å². The Morgan fingerprint density at radius 2 is 2.20 bits per heavy atom. The van der Waals surface area contributed by atoms with Gasteiger partial charge in [-0.1, -0.05) is 30.3 Å². The Kier molecular flexibility index (Phi) is 4.77. The van der Waals surface area contributed by atoms with Crippen LogP contribution < -0.4 is 15.8 Å². The van der Waals surface area contributed by atoms with Gasteiger partial charge < -0.3 is 15.8 Å². The number of carbonyl (C=O) groups is 1. The first-order valence-electron chi connectivity index (χ1n) is 6.16. The van der Waals surface area contributed by atoms with E-state index in [4.69, 9.17) is 10.5 Å². The molecule has 2 aromatic rings. The van der Waals surface area contributed by atoms with Crippen molar-refractivity contribution in [2.24, 2.45) is 5.73 Å². The number of aromatic amines is 1. The van der Waals surface area contributed by atoms with Crippen LogP contribution in [0.15, 0.2) is 48.7 Å². The number of rotatable bonds is 6. The van der Waals surface area contributed by atoms with E-state index in [9.17, 15) is 4.79 Å². The lowest BCUT2D eigenvalue weighted by Crippen LogP contribution is -2.29. The Bertz CT molecular complexity index is 578. The summed E-state index contributed by atoms with van der Waals surface area (Å²) in [5.41, 5.74) is 7.01. The lowest BCUT2D eigenvalue weighted by atomic mass is 10.2. The summed E-state index contributed by atoms with van der Waals surface area (Å²) in [6.07, 6.45) is 3.01. The molecule has 0 aliphatic heterocycles. The SMILES string of the molecule is NC=CCNC(=O)COc1cc(-c2ccccc2)[nH]n1. The fourth-order valence-corrected chi connectivity index (χ4v) is 1.57. The summed E-state index contributed by atoms with van der Waals surface area (Å²) in [6, 6.07) is 11.5. The number of hydrogen-bond donors (Lipinski definition) is 3. The molecule has 0 saturated carbocycles. The highest BCUT2D eigenvalue weighted by atomic mass is 16.5. The van der Waals surface area contributed by atoms with Gasteiger partial charge in [0, 0.05) is 12.6 Å². The molecule has 0 fully saturated rings. The van der Waals surface area contributed by atoms with Crippen molar-refractivity contribution >= 4 is 5.91 Å². The number of nitrogens with two attached hydrogens (primary N) is 1. The Morgan fingerprint density at radius 3 is 2.95 bits per heavy atom. The third-order valence-corrected chi connectivity index (χ3v) is 2.54. The van der Waals surface area contributed by atoms with E-state index in [2.05, 4.69) is 15.5 Å². The van der Waals surface area contributed by atoms with Gasteiger partial charge in [0.05, 0.1) is 5.69 Å². The van der Waals surface area contributed by atoms with Crippen molar-refractivity contribution in [1.29, 1.82) is 0 Å². The van der Waals surface area contributed by atoms with Gasteiger partial charge in [0.15, 0.2) is 6.61 Å². The summed E-state index contributed by atoms with van der Waals surface area (Å²) in [5, 5.41) is 9.49. The number of H-pyrrole nitrogens is 1. The van der Waals surface area contributed by atoms with Gasteiger partial charge in [0.2, 0.25) is 5.88 Å². The molecule has 4 N–H and O–H groups in total. The van der Waals surface area contributed by atoms with E-state index < -0.39 is 0 Å². The van der Waals surface area contributed by atoms with E-state index >= 15 is 0 Å². The molecule has 2 rings (SSSR count). The second-order valence-corrected chi connectivity index (χ2v) is 4.01. The monoisotopic (exact) mass is 272 g/mol. The van der Waals surface area contributed by atoms with E-state index in [1.54, 1.807) is 12.1 Å². The fourth-order valence-electron chi connectivity index (χ4n) is 1.57. The summed E-state index contributed by atoms with van der Waals surface area (Å²) in [6.45, 7) is 0.298. The number of nitrogens with one attached hydrogen (secondary N) is 2. The second kappa shape index (κ2) is 6.98. The molecular weight excluding hydrogens is 256 g/mol. The number of ether oxygens (including phenoxy) is 1. The summed E-state index contributed by atoms with van der Waals surface area (Å²) >= 11 is 0. The van der Waals surface area contributed by atoms with Crippen LogP contribution in [0.4, 0.5) is 0 Å². The van der Waals surface area contributed by atoms with E-state index in [1.165, 1.54) is 6.20 Å². The molecule has 104 valence electrons. The highest BCUT2D eigenvalue weighted by molar-refractivity contribution is 5.77. The summed E-state index contributed by atoms with van der Waals surface area (Å²) in [5.74, 6) is 0.153. The zero-order valence-electron chi connectivity index (χ0n) is 10.9. The summed E-state index contributed by atoms with van der Waals surface area (Å²) in [7, 11) is 0. The fraction of sp³-hybridized carbons (Fsp3) is 0.143. The Balaban J connectivity index is 1.86. The first-order chi connectivity index (χ1) is 9.79. The predicted octanol–water partition coefficient (Wildman–Crippen LogP) is 1.04. The maximum atomic E-state index is 11.4. The Morgan fingerprint density at radius 1 is 1.40 bits per heavy atom. The molecule has 0 radical (unpaired) electrons. The normalized spacial score (nSPS) is 10.6. The molecule has 0 spiro atoms. The number of benzene rings is 1. The van der Waals surface area contributed by atoms with Crippen LogP contribution in [-0.4, -0.2) is 29.3 Å². The van der Waals surface area contributed by atoms with Gasteiger partial charge in [-0.15, -0.1) is 5.10 Å². The number of amides is 1. The summed E-state index contributed by atoms with van der Waals surface area (Å²) in [4.78, 5) is 11.4. The third-order valence-electron chi connectivity index (χ3n) is 2.54. The van der Waals surface area contributed by atoms with Crippen LogP contribution in [0.2, 0.25) is 0 Å². The minimum absolute atomic E-state index is 0.0858. The molecule has 0 aliphatic carbocycles. The van der Waals surface area contributed by atoms with Crippen LogP contribution in [0.3, 0.4) is 0 Å². The van der Waals surface area contributed by atoms with E-state index in [0.717, 1.165) is 11.3 Å². The topological polar surface area (TPSA) is 93.0 Å². The number of nitrogens with zero attached hydrogens (tertiary/aromatic N) is 1. The van der Waals surface area contributed by atoms with Crippen molar-refractivity contribution in [3.8, 4) is 17.1 Å². The molecule has 1 aromatic carbocycles. The maximum absolute atomic E-state index is 11.4. The number of carbonyl (C=O) groups excluding carboxylic acids is 1. The van der Waals surface area contributed by atoms with Crippen molar-refractivity contribution in [2.75, 3.05) is 13.2 Å². The molecule has 20 heavy (non-hydrogen) atoms. The van der Waals surface area contributed by atoms with Crippen LogP contribution >= 0.6 is 0 Å². The quantitative estimate of drug-likeness (QED) is 0.732. The minimum atomic E-state index is -0.229. The molecular formula is C14H16N4O2. The zero-order chi connectivity index (χ0) is 14.2. The van der Waals surface area contributed by atoms with Gasteiger partial charge in [-0.25, -0.2) is 0 Å². The van der Waals surface area contributed by atoms with Crippen LogP contribution in [-0.2, 0) is 4.79 Å². The second-order valence-electron chi connectivity index (χ2n) is 4.01. The van der Waals surface area contributed by atoms with Gasteiger partial charge in [-0.05, 0) is 17.8 Å². The Hall–Kier alpha value is -2.76. The smallest absolute Gasteiger partial charge is 0.258 e. The lowest BCUT2D eigenvalue weighted by molar-refractivity contribution is -0.122. The average Bonchev–Trinajstić information content (AvgIpc) is 2.95. The third kappa shape index (κ3) is 3.88. The van der Waals surface area contributed by atoms with Gasteiger partial charge >= 0.3 is 0 Å². The molecule has 0 unspecified atom stereocenters. The largest absolute Gasteiger partial charge is 0.466 e. The standard InChI is InChI=1S/C14H16N4O2/c15-7-4-8-16-13(19)10-20-14-9-12(17-18-14)11-5-2-1-3-6-11/h1-7,9H,8,10,15H2,(H,16,19)(H,17,18). The molecule has 1 aromatic heterocycles. The lowest BCUT2D eigenvalue weighted by Gasteiger charge is -2.02. The number of aromatic nitrogens is 2. The van der Waals surface area contributed by atoms with Crippen LogP contribution in [0.25, 0.3) is 11.3 Å². The molecule has 1 heterocycles. The molecule has 0 bridgehead atoms. The van der Waals surface area contributed by atoms with Crippen molar-refractivity contribution in [3.63, 3.8) is 0 Å². The van der Waals surface area contributed by atoms with Gasteiger partial charge in [0.1, 0.15) is 0 Å². The van der Waals surface area contributed by atoms with E-state index in [-0.39, 0.29) is 12.5 Å². The van der Waals surface area contributed by atoms with Gasteiger partial charge in [0.25, 0.3) is 5.91 Å². The highest BCUT2D eigenvalue weighted by Crippen LogP contribution is 2.20. The van der Waals surface area contributed by atoms with Crippen LogP contribution in [0.5, 0.6) is 5.88 Å². The van der Waals surface area contributed by atoms with Crippen molar-refractivity contribution in [3.05, 3.63) is 48.7 Å². The highest BCUT2D eigenvalue weighted by Gasteiger charge is 2.06. The van der Waals surface area contributed by atoms with Gasteiger partial charge in [-0.2, -0.15) is 0 Å². The molecule has 0 saturated heterocycles.